The maximum atomic E-state index is 12.5. The second-order valence-electron chi connectivity index (χ2n) is 8.36. The van der Waals surface area contributed by atoms with Crippen LogP contribution in [0.3, 0.4) is 0 Å². The van der Waals surface area contributed by atoms with E-state index >= 15 is 0 Å². The van der Waals surface area contributed by atoms with E-state index in [0.29, 0.717) is 18.9 Å². The highest BCUT2D eigenvalue weighted by atomic mass is 35.5. The largest absolute Gasteiger partial charge is 0.494 e. The lowest BCUT2D eigenvalue weighted by molar-refractivity contribution is -0.118. The molecule has 2 aromatic carbocycles. The molecule has 1 atom stereocenters. The van der Waals surface area contributed by atoms with Gasteiger partial charge in [0.25, 0.3) is 0 Å². The van der Waals surface area contributed by atoms with Gasteiger partial charge in [-0.1, -0.05) is 23.7 Å². The van der Waals surface area contributed by atoms with Gasteiger partial charge in [-0.2, -0.15) is 0 Å². The third-order valence-electron chi connectivity index (χ3n) is 6.10. The molecule has 1 aliphatic heterocycles. The van der Waals surface area contributed by atoms with Crippen LogP contribution in [0.15, 0.2) is 42.5 Å². The Labute approximate surface area is 194 Å². The fourth-order valence-corrected chi connectivity index (χ4v) is 5.92. The zero-order chi connectivity index (χ0) is 21.7. The van der Waals surface area contributed by atoms with Crippen LogP contribution in [0.5, 0.6) is 11.5 Å². The monoisotopic (exact) mass is 459 g/mol. The summed E-state index contributed by atoms with van der Waals surface area (Å²) in [6.07, 6.45) is 6.39. The van der Waals surface area contributed by atoms with Crippen LogP contribution in [-0.4, -0.2) is 30.4 Å². The van der Waals surface area contributed by atoms with E-state index in [1.165, 1.54) is 18.4 Å². The molecule has 2 aromatic rings. The maximum Gasteiger partial charge on any atom is 0.230 e. The van der Waals surface area contributed by atoms with Gasteiger partial charge in [0.05, 0.1) is 12.4 Å². The van der Waals surface area contributed by atoms with Crippen molar-refractivity contribution >= 4 is 29.3 Å². The van der Waals surface area contributed by atoms with Gasteiger partial charge in [-0.25, -0.2) is 0 Å². The number of thioether (sulfide) groups is 1. The Balaban J connectivity index is 1.36. The highest BCUT2D eigenvalue weighted by molar-refractivity contribution is 8.00. The molecule has 0 aromatic heterocycles. The molecule has 1 heterocycles. The molecule has 0 unspecified atom stereocenters. The van der Waals surface area contributed by atoms with Crippen molar-refractivity contribution in [1.29, 1.82) is 0 Å². The second kappa shape index (κ2) is 10.2. The number of amides is 1. The number of rotatable bonds is 8. The van der Waals surface area contributed by atoms with Crippen molar-refractivity contribution in [2.45, 2.75) is 56.3 Å². The summed E-state index contributed by atoms with van der Waals surface area (Å²) in [5, 5.41) is 4.02. The molecule has 1 amide bonds. The quantitative estimate of drug-likeness (QED) is 0.528. The third-order valence-corrected chi connectivity index (χ3v) is 7.61. The number of hydrogen-bond acceptors (Lipinski definition) is 4. The van der Waals surface area contributed by atoms with E-state index in [4.69, 9.17) is 21.1 Å². The molecule has 0 saturated heterocycles. The van der Waals surface area contributed by atoms with Crippen LogP contribution >= 0.6 is 23.4 Å². The molecule has 4 rings (SSSR count). The summed E-state index contributed by atoms with van der Waals surface area (Å²) < 4.78 is 12.2. The molecule has 4 nitrogen and oxygen atoms in total. The number of carbonyl (C=O) groups is 1. The molecule has 1 N–H and O–H groups in total. The van der Waals surface area contributed by atoms with Crippen LogP contribution in [0, 0.1) is 0 Å². The van der Waals surface area contributed by atoms with Crippen LogP contribution < -0.4 is 14.8 Å². The topological polar surface area (TPSA) is 47.6 Å². The summed E-state index contributed by atoms with van der Waals surface area (Å²) >= 11 is 7.65. The molecule has 0 radical (unpaired) electrons. The first kappa shape index (κ1) is 22.3. The van der Waals surface area contributed by atoms with Crippen molar-refractivity contribution in [2.24, 2.45) is 0 Å². The molecule has 6 heteroatoms. The van der Waals surface area contributed by atoms with E-state index in [2.05, 4.69) is 11.4 Å². The summed E-state index contributed by atoms with van der Waals surface area (Å²) in [5.74, 6) is 2.34. The maximum absolute atomic E-state index is 12.5. The van der Waals surface area contributed by atoms with Crippen molar-refractivity contribution in [3.05, 3.63) is 58.6 Å². The van der Waals surface area contributed by atoms with Crippen LogP contribution in [0.1, 0.15) is 55.4 Å². The van der Waals surface area contributed by atoms with Gasteiger partial charge < -0.3 is 14.8 Å². The van der Waals surface area contributed by atoms with E-state index in [9.17, 15) is 4.79 Å². The Kier molecular flexibility index (Phi) is 7.34. The Morgan fingerprint density at radius 3 is 2.74 bits per heavy atom. The normalized spacial score (nSPS) is 19.0. The first-order valence-corrected chi connectivity index (χ1v) is 12.6. The summed E-state index contributed by atoms with van der Waals surface area (Å²) in [5.41, 5.74) is 2.26. The average Bonchev–Trinajstić information content (AvgIpc) is 3.21. The third kappa shape index (κ3) is 5.69. The predicted molar refractivity (Wildman–Crippen MR) is 127 cm³/mol. The molecule has 1 fully saturated rings. The predicted octanol–water partition coefficient (Wildman–Crippen LogP) is 5.97. The molecule has 1 aliphatic carbocycles. The van der Waals surface area contributed by atoms with Gasteiger partial charge in [-0.15, -0.1) is 11.8 Å². The zero-order valence-corrected chi connectivity index (χ0v) is 19.6. The molecule has 1 saturated carbocycles. The van der Waals surface area contributed by atoms with Gasteiger partial charge in [0.2, 0.25) is 5.91 Å². The van der Waals surface area contributed by atoms with Gasteiger partial charge in [0.1, 0.15) is 17.1 Å². The van der Waals surface area contributed by atoms with Crippen molar-refractivity contribution in [3.63, 3.8) is 0 Å². The lowest BCUT2D eigenvalue weighted by Crippen LogP contribution is -2.38. The van der Waals surface area contributed by atoms with Gasteiger partial charge in [0, 0.05) is 28.8 Å². The molecule has 31 heavy (non-hydrogen) atoms. The van der Waals surface area contributed by atoms with E-state index in [1.54, 1.807) is 11.8 Å². The van der Waals surface area contributed by atoms with Crippen LogP contribution in [0.25, 0.3) is 0 Å². The number of hydrogen-bond donors (Lipinski definition) is 1. The zero-order valence-electron chi connectivity index (χ0n) is 18.0. The molecular formula is C25H30ClNO3S. The average molecular weight is 460 g/mol. The van der Waals surface area contributed by atoms with Crippen LogP contribution in [0.4, 0.5) is 0 Å². The number of fused-ring (bicyclic) bond motifs is 1. The number of ether oxygens (including phenoxy) is 2. The van der Waals surface area contributed by atoms with Gasteiger partial charge in [-0.05, 0) is 74.9 Å². The summed E-state index contributed by atoms with van der Waals surface area (Å²) in [4.78, 5) is 12.5. The molecule has 1 spiro atoms. The van der Waals surface area contributed by atoms with Gasteiger partial charge >= 0.3 is 0 Å². The first-order valence-electron chi connectivity index (χ1n) is 11.2. The minimum atomic E-state index is -0.0666. The van der Waals surface area contributed by atoms with Gasteiger partial charge in [-0.3, -0.25) is 4.79 Å². The smallest absolute Gasteiger partial charge is 0.230 e. The van der Waals surface area contributed by atoms with Crippen LogP contribution in [-0.2, 0) is 11.2 Å². The molecule has 166 valence electrons. The van der Waals surface area contributed by atoms with E-state index in [-0.39, 0.29) is 16.8 Å². The van der Waals surface area contributed by atoms with E-state index in [0.717, 1.165) is 47.8 Å². The minimum absolute atomic E-state index is 0.0666. The van der Waals surface area contributed by atoms with Crippen LogP contribution in [0.2, 0.25) is 5.02 Å². The highest BCUT2D eigenvalue weighted by Crippen LogP contribution is 2.52. The highest BCUT2D eigenvalue weighted by Gasteiger charge is 2.43. The van der Waals surface area contributed by atoms with E-state index in [1.807, 2.05) is 43.3 Å². The molecule has 2 aliphatic rings. The van der Waals surface area contributed by atoms with E-state index < -0.39 is 0 Å². The van der Waals surface area contributed by atoms with Crippen molar-refractivity contribution in [2.75, 3.05) is 18.9 Å². The van der Waals surface area contributed by atoms with Gasteiger partial charge in [0.15, 0.2) is 0 Å². The molecule has 0 bridgehead atoms. The Morgan fingerprint density at radius 1 is 1.23 bits per heavy atom. The Bertz CT molecular complexity index is 896. The molecular weight excluding hydrogens is 430 g/mol. The minimum Gasteiger partial charge on any atom is -0.494 e. The fourth-order valence-electron chi connectivity index (χ4n) is 4.55. The Hall–Kier alpha value is -1.85. The lowest BCUT2D eigenvalue weighted by Gasteiger charge is -2.40. The van der Waals surface area contributed by atoms with Crippen molar-refractivity contribution in [3.8, 4) is 11.5 Å². The summed E-state index contributed by atoms with van der Waals surface area (Å²) in [6, 6.07) is 13.9. The lowest BCUT2D eigenvalue weighted by atomic mass is 9.89. The van der Waals surface area contributed by atoms with Crippen molar-refractivity contribution < 1.29 is 14.3 Å². The number of carbonyl (C=O) groups excluding carboxylic acids is 1. The summed E-state index contributed by atoms with van der Waals surface area (Å²) in [6.45, 7) is 3.26. The number of benzene rings is 2. The second-order valence-corrected chi connectivity index (χ2v) is 9.98. The fraction of sp³-hybridized carbons (Fsp3) is 0.480. The standard InChI is InChI=1S/C25H30ClNO3S/c1-2-29-20-9-10-22-21(15-20)23(16-25(30-22)12-3-4-13-25)31-17-24(28)27-14-11-18-5-7-19(26)8-6-18/h5-10,15,23H,2-4,11-14,16-17H2,1H3,(H,27,28)/t23-/m1/s1. The summed E-state index contributed by atoms with van der Waals surface area (Å²) in [7, 11) is 0. The SMILES string of the molecule is CCOc1ccc2c(c1)[C@H](SCC(=O)NCCc1ccc(Cl)cc1)CC1(CCCC1)O2. The van der Waals surface area contributed by atoms with Crippen molar-refractivity contribution in [1.82, 2.24) is 5.32 Å². The Morgan fingerprint density at radius 2 is 2.00 bits per heavy atom. The first-order chi connectivity index (χ1) is 15.1. The number of halogens is 1. The number of nitrogens with one attached hydrogen (secondary N) is 1.